The summed E-state index contributed by atoms with van der Waals surface area (Å²) in [6.45, 7) is 1.42. The van der Waals surface area contributed by atoms with Crippen LogP contribution in [0.25, 0.3) is 0 Å². The van der Waals surface area contributed by atoms with Gasteiger partial charge in [-0.05, 0) is 38.2 Å². The fourth-order valence-corrected chi connectivity index (χ4v) is 3.55. The monoisotopic (exact) mass is 358 g/mol. The molecule has 0 radical (unpaired) electrons. The van der Waals surface area contributed by atoms with E-state index in [1.165, 1.54) is 6.20 Å². The van der Waals surface area contributed by atoms with E-state index in [2.05, 4.69) is 9.71 Å². The van der Waals surface area contributed by atoms with Gasteiger partial charge in [-0.2, -0.15) is 0 Å². The van der Waals surface area contributed by atoms with E-state index in [4.69, 9.17) is 14.6 Å². The van der Waals surface area contributed by atoms with E-state index >= 15 is 0 Å². The van der Waals surface area contributed by atoms with E-state index in [-0.39, 0.29) is 23.3 Å². The van der Waals surface area contributed by atoms with Gasteiger partial charge in [-0.15, -0.1) is 0 Å². The van der Waals surface area contributed by atoms with Gasteiger partial charge in [0.1, 0.15) is 4.90 Å². The van der Waals surface area contributed by atoms with Gasteiger partial charge in [-0.3, -0.25) is 4.98 Å². The van der Waals surface area contributed by atoms with E-state index in [0.717, 1.165) is 38.1 Å². The Hall–Kier alpha value is -1.55. The number of ether oxygens (including phenoxy) is 2. The number of hydrogen-bond acceptors (Lipinski definition) is 6. The Balaban J connectivity index is 1.74. The highest BCUT2D eigenvalue weighted by atomic mass is 32.2. The lowest BCUT2D eigenvalue weighted by molar-refractivity contribution is -0.162. The summed E-state index contributed by atoms with van der Waals surface area (Å²) >= 11 is 0. The van der Waals surface area contributed by atoms with Crippen LogP contribution in [0, 0.1) is 0 Å². The van der Waals surface area contributed by atoms with Crippen LogP contribution in [0.3, 0.4) is 0 Å². The lowest BCUT2D eigenvalue weighted by Gasteiger charge is -2.22. The van der Waals surface area contributed by atoms with Crippen LogP contribution in [0.1, 0.15) is 42.5 Å². The number of rotatable bonds is 9. The zero-order valence-electron chi connectivity index (χ0n) is 13.3. The maximum Gasteiger partial charge on any atom is 0.337 e. The number of carboxylic acids is 1. The van der Waals surface area contributed by atoms with Gasteiger partial charge in [0.15, 0.2) is 6.29 Å². The Morgan fingerprint density at radius 3 is 2.96 bits per heavy atom. The molecular formula is C15H22N2O6S. The fourth-order valence-electron chi connectivity index (χ4n) is 2.34. The summed E-state index contributed by atoms with van der Waals surface area (Å²) in [6.07, 6.45) is 6.45. The molecule has 1 saturated heterocycles. The van der Waals surface area contributed by atoms with Crippen molar-refractivity contribution in [2.75, 3.05) is 19.8 Å². The summed E-state index contributed by atoms with van der Waals surface area (Å²) in [5.74, 6) is -1.31. The average molecular weight is 358 g/mol. The number of carbonyl (C=O) groups is 1. The van der Waals surface area contributed by atoms with Crippen LogP contribution >= 0.6 is 0 Å². The molecule has 1 aliphatic heterocycles. The van der Waals surface area contributed by atoms with Gasteiger partial charge in [0.05, 0.1) is 5.56 Å². The van der Waals surface area contributed by atoms with Crippen molar-refractivity contribution in [3.8, 4) is 0 Å². The highest BCUT2D eigenvalue weighted by Gasteiger charge is 2.22. The molecule has 1 aliphatic rings. The number of hydrogen-bond donors (Lipinski definition) is 2. The van der Waals surface area contributed by atoms with E-state index in [1.54, 1.807) is 0 Å². The van der Waals surface area contributed by atoms with E-state index < -0.39 is 16.0 Å². The smallest absolute Gasteiger partial charge is 0.337 e. The number of aromatic nitrogens is 1. The molecule has 0 spiro atoms. The molecule has 0 saturated carbocycles. The summed E-state index contributed by atoms with van der Waals surface area (Å²) in [4.78, 5) is 14.4. The molecule has 0 aliphatic carbocycles. The highest BCUT2D eigenvalue weighted by Crippen LogP contribution is 2.15. The van der Waals surface area contributed by atoms with Gasteiger partial charge in [0.2, 0.25) is 10.0 Å². The molecule has 0 aromatic carbocycles. The Bertz CT molecular complexity index is 643. The first kappa shape index (κ1) is 18.8. The quantitative estimate of drug-likeness (QED) is 0.641. The molecule has 0 amide bonds. The van der Waals surface area contributed by atoms with Crippen molar-refractivity contribution in [1.82, 2.24) is 9.71 Å². The molecule has 1 unspecified atom stereocenters. The first-order chi connectivity index (χ1) is 11.5. The van der Waals surface area contributed by atoms with Crippen LogP contribution in [-0.4, -0.2) is 50.5 Å². The SMILES string of the molecule is O=C(O)c1ccncc1S(=O)(=O)NCCCCOC1CCCCO1. The van der Waals surface area contributed by atoms with Crippen molar-refractivity contribution >= 4 is 16.0 Å². The van der Waals surface area contributed by atoms with Crippen LogP contribution in [0.15, 0.2) is 23.4 Å². The summed E-state index contributed by atoms with van der Waals surface area (Å²) in [7, 11) is -3.90. The van der Waals surface area contributed by atoms with Crippen molar-refractivity contribution < 1.29 is 27.8 Å². The lowest BCUT2D eigenvalue weighted by Crippen LogP contribution is -2.27. The predicted molar refractivity (Wildman–Crippen MR) is 85.2 cm³/mol. The summed E-state index contributed by atoms with van der Waals surface area (Å²) in [5, 5.41) is 9.05. The van der Waals surface area contributed by atoms with Crippen LogP contribution < -0.4 is 4.72 Å². The van der Waals surface area contributed by atoms with Crippen molar-refractivity contribution in [2.45, 2.75) is 43.3 Å². The highest BCUT2D eigenvalue weighted by molar-refractivity contribution is 7.89. The number of aromatic carboxylic acids is 1. The minimum Gasteiger partial charge on any atom is -0.478 e. The molecule has 2 heterocycles. The van der Waals surface area contributed by atoms with Crippen molar-refractivity contribution in [1.29, 1.82) is 0 Å². The van der Waals surface area contributed by atoms with E-state index in [0.29, 0.717) is 19.4 Å². The second-order valence-corrected chi connectivity index (χ2v) is 7.18. The van der Waals surface area contributed by atoms with Gasteiger partial charge < -0.3 is 14.6 Å². The summed E-state index contributed by atoms with van der Waals surface area (Å²) in [5.41, 5.74) is -0.296. The standard InChI is InChI=1S/C15H22N2O6S/c18-15(19)12-6-8-16-11-13(12)24(20,21)17-7-2-4-10-23-14-5-1-3-9-22-14/h6,8,11,14,17H,1-5,7,9-10H2,(H,18,19). The first-order valence-corrected chi connectivity index (χ1v) is 9.39. The normalized spacial score (nSPS) is 18.4. The topological polar surface area (TPSA) is 115 Å². The minimum absolute atomic E-state index is 0.149. The fraction of sp³-hybridized carbons (Fsp3) is 0.600. The van der Waals surface area contributed by atoms with Gasteiger partial charge in [0.25, 0.3) is 0 Å². The zero-order valence-corrected chi connectivity index (χ0v) is 14.1. The van der Waals surface area contributed by atoms with E-state index in [9.17, 15) is 13.2 Å². The number of nitrogens with zero attached hydrogens (tertiary/aromatic N) is 1. The lowest BCUT2D eigenvalue weighted by atomic mass is 10.2. The van der Waals surface area contributed by atoms with Gasteiger partial charge >= 0.3 is 5.97 Å². The largest absolute Gasteiger partial charge is 0.478 e. The molecule has 8 nitrogen and oxygen atoms in total. The maximum atomic E-state index is 12.2. The third-order valence-corrected chi connectivity index (χ3v) is 5.10. The maximum absolute atomic E-state index is 12.2. The Morgan fingerprint density at radius 1 is 1.42 bits per heavy atom. The van der Waals surface area contributed by atoms with Gasteiger partial charge in [-0.1, -0.05) is 0 Å². The number of pyridine rings is 1. The molecule has 1 fully saturated rings. The molecule has 2 N–H and O–H groups in total. The third kappa shape index (κ3) is 5.52. The first-order valence-electron chi connectivity index (χ1n) is 7.91. The number of sulfonamides is 1. The van der Waals surface area contributed by atoms with Crippen molar-refractivity contribution in [3.63, 3.8) is 0 Å². The summed E-state index contributed by atoms with van der Waals surface area (Å²) in [6, 6.07) is 1.16. The number of nitrogens with one attached hydrogen (secondary N) is 1. The van der Waals surface area contributed by atoms with Crippen LogP contribution in [0.4, 0.5) is 0 Å². The Kier molecular flexibility index (Phi) is 7.10. The minimum atomic E-state index is -3.90. The number of carboxylic acid groups (broad SMARTS) is 1. The predicted octanol–water partition coefficient (Wildman–Crippen LogP) is 1.38. The second kappa shape index (κ2) is 9.07. The molecule has 1 aromatic rings. The van der Waals surface area contributed by atoms with E-state index in [1.807, 2.05) is 0 Å². The molecule has 134 valence electrons. The van der Waals surface area contributed by atoms with Crippen molar-refractivity contribution in [2.24, 2.45) is 0 Å². The molecule has 1 atom stereocenters. The molecule has 1 aromatic heterocycles. The van der Waals surface area contributed by atoms with Gasteiger partial charge in [0, 0.05) is 32.2 Å². The van der Waals surface area contributed by atoms with Crippen LogP contribution in [-0.2, 0) is 19.5 Å². The van der Waals surface area contributed by atoms with Crippen molar-refractivity contribution in [3.05, 3.63) is 24.0 Å². The van der Waals surface area contributed by atoms with Gasteiger partial charge in [-0.25, -0.2) is 17.9 Å². The average Bonchev–Trinajstić information content (AvgIpc) is 2.59. The van der Waals surface area contributed by atoms with Crippen LogP contribution in [0.5, 0.6) is 0 Å². The molecule has 0 bridgehead atoms. The Morgan fingerprint density at radius 2 is 2.25 bits per heavy atom. The van der Waals surface area contributed by atoms with Crippen LogP contribution in [0.2, 0.25) is 0 Å². The second-order valence-electron chi connectivity index (χ2n) is 5.45. The molecular weight excluding hydrogens is 336 g/mol. The molecule has 9 heteroatoms. The molecule has 2 rings (SSSR count). The summed E-state index contributed by atoms with van der Waals surface area (Å²) < 4.78 is 37.7. The third-order valence-electron chi connectivity index (χ3n) is 3.61. The number of unbranched alkanes of at least 4 members (excludes halogenated alkanes) is 1. The zero-order chi connectivity index (χ0) is 17.4. The Labute approximate surface area is 141 Å². The molecule has 24 heavy (non-hydrogen) atoms.